The maximum atomic E-state index is 11.7. The first-order valence-electron chi connectivity index (χ1n) is 11.1. The number of piperazine rings is 1. The molecule has 8 heteroatoms. The summed E-state index contributed by atoms with van der Waals surface area (Å²) in [5.41, 5.74) is 1.73. The number of aromatic nitrogens is 3. The summed E-state index contributed by atoms with van der Waals surface area (Å²) >= 11 is 0. The molecule has 0 aromatic carbocycles. The number of hydrogen-bond acceptors (Lipinski definition) is 8. The highest BCUT2D eigenvalue weighted by Gasteiger charge is 2.25. The molecule has 2 aromatic heterocycles. The predicted octanol–water partition coefficient (Wildman–Crippen LogP) is 3.18. The third-order valence-corrected chi connectivity index (χ3v) is 5.75. The Bertz CT molecular complexity index is 919. The molecule has 0 unspecified atom stereocenters. The largest absolute Gasteiger partial charge is 0.367 e. The van der Waals surface area contributed by atoms with E-state index >= 15 is 0 Å². The summed E-state index contributed by atoms with van der Waals surface area (Å²) in [4.78, 5) is 25.9. The van der Waals surface area contributed by atoms with Gasteiger partial charge in [0, 0.05) is 50.2 Å². The van der Waals surface area contributed by atoms with Crippen LogP contribution >= 0.6 is 0 Å². The molecule has 2 fully saturated rings. The van der Waals surface area contributed by atoms with E-state index in [0.717, 1.165) is 61.8 Å². The predicted molar refractivity (Wildman–Crippen MR) is 123 cm³/mol. The first-order valence-corrected chi connectivity index (χ1v) is 11.1. The van der Waals surface area contributed by atoms with E-state index < -0.39 is 0 Å². The third kappa shape index (κ3) is 5.26. The number of pyridine rings is 1. The minimum atomic E-state index is 0.0179. The summed E-state index contributed by atoms with van der Waals surface area (Å²) in [5, 5.41) is 11.3. The lowest BCUT2D eigenvalue weighted by molar-refractivity contribution is -0.112. The van der Waals surface area contributed by atoms with Gasteiger partial charge in [0.05, 0.1) is 0 Å². The van der Waals surface area contributed by atoms with Gasteiger partial charge in [0.2, 0.25) is 5.95 Å². The number of carbonyl (C=O) groups is 1. The number of hydrazine groups is 1. The summed E-state index contributed by atoms with van der Waals surface area (Å²) in [6.07, 6.45) is 9.99. The highest BCUT2D eigenvalue weighted by Crippen LogP contribution is 2.30. The summed E-state index contributed by atoms with van der Waals surface area (Å²) in [6, 6.07) is 6.26. The van der Waals surface area contributed by atoms with Gasteiger partial charge >= 0.3 is 0 Å². The van der Waals surface area contributed by atoms with Crippen LogP contribution in [-0.2, 0) is 4.79 Å². The van der Waals surface area contributed by atoms with Crippen molar-refractivity contribution in [3.05, 3.63) is 42.2 Å². The lowest BCUT2D eigenvalue weighted by Gasteiger charge is -2.37. The summed E-state index contributed by atoms with van der Waals surface area (Å²) < 4.78 is 0. The van der Waals surface area contributed by atoms with Gasteiger partial charge in [0.15, 0.2) is 5.78 Å². The molecule has 3 heterocycles. The molecule has 1 aliphatic heterocycles. The van der Waals surface area contributed by atoms with Crippen LogP contribution in [0.25, 0.3) is 5.57 Å². The normalized spacial score (nSPS) is 18.2. The van der Waals surface area contributed by atoms with E-state index in [2.05, 4.69) is 20.6 Å². The summed E-state index contributed by atoms with van der Waals surface area (Å²) in [7, 11) is 0. The van der Waals surface area contributed by atoms with Gasteiger partial charge in [-0.05, 0) is 50.5 Å². The Hall–Kier alpha value is -2.84. The van der Waals surface area contributed by atoms with Gasteiger partial charge in [-0.15, -0.1) is 0 Å². The Labute approximate surface area is 183 Å². The fourth-order valence-corrected chi connectivity index (χ4v) is 4.23. The van der Waals surface area contributed by atoms with Crippen molar-refractivity contribution >= 4 is 28.9 Å². The van der Waals surface area contributed by atoms with Gasteiger partial charge in [-0.3, -0.25) is 4.79 Å². The molecule has 8 nitrogen and oxygen atoms in total. The topological polar surface area (TPSA) is 86.3 Å². The molecule has 1 aliphatic carbocycles. The number of rotatable bonds is 7. The van der Waals surface area contributed by atoms with Crippen LogP contribution in [-0.4, -0.2) is 58.0 Å². The zero-order valence-corrected chi connectivity index (χ0v) is 18.3. The van der Waals surface area contributed by atoms with Crippen molar-refractivity contribution in [2.75, 3.05) is 36.5 Å². The van der Waals surface area contributed by atoms with Gasteiger partial charge in [-0.2, -0.15) is 4.98 Å². The van der Waals surface area contributed by atoms with E-state index in [4.69, 9.17) is 9.97 Å². The van der Waals surface area contributed by atoms with Crippen LogP contribution in [0, 0.1) is 0 Å². The van der Waals surface area contributed by atoms with Crippen molar-refractivity contribution in [2.45, 2.75) is 45.6 Å². The van der Waals surface area contributed by atoms with Crippen LogP contribution in [0.4, 0.5) is 17.6 Å². The average molecular weight is 422 g/mol. The molecule has 0 amide bonds. The molecule has 0 spiro atoms. The van der Waals surface area contributed by atoms with Crippen LogP contribution in [0.1, 0.15) is 45.1 Å². The van der Waals surface area contributed by atoms with Crippen LogP contribution < -0.4 is 15.6 Å². The van der Waals surface area contributed by atoms with Crippen LogP contribution in [0.3, 0.4) is 0 Å². The van der Waals surface area contributed by atoms with Crippen molar-refractivity contribution in [3.63, 3.8) is 0 Å². The van der Waals surface area contributed by atoms with E-state index in [1.165, 1.54) is 12.8 Å². The quantitative estimate of drug-likeness (QED) is 0.660. The molecule has 0 atom stereocenters. The minimum absolute atomic E-state index is 0.0179. The maximum Gasteiger partial charge on any atom is 0.248 e. The standard InChI is InChI=1S/C23H31N7O/c1-17(15-18(2)31)20-16-26-23(28-22(20)27-19-7-3-4-8-19)30(21-9-5-6-10-25-21)29-13-11-24-12-14-29/h5-6,9-10,15-16,19,24H,3-4,7-8,11-14H2,1-2H3,(H,26,27,28). The van der Waals surface area contributed by atoms with Crippen LogP contribution in [0.5, 0.6) is 0 Å². The van der Waals surface area contributed by atoms with Gasteiger partial charge in [-0.25, -0.2) is 20.0 Å². The molecule has 1 saturated carbocycles. The van der Waals surface area contributed by atoms with E-state index in [1.54, 1.807) is 19.2 Å². The van der Waals surface area contributed by atoms with Gasteiger partial charge in [0.1, 0.15) is 11.6 Å². The molecule has 0 radical (unpaired) electrons. The second kappa shape index (κ2) is 9.98. The van der Waals surface area contributed by atoms with Crippen molar-refractivity contribution in [1.29, 1.82) is 0 Å². The maximum absolute atomic E-state index is 11.7. The van der Waals surface area contributed by atoms with Gasteiger partial charge in [0.25, 0.3) is 0 Å². The molecule has 1 saturated heterocycles. The van der Waals surface area contributed by atoms with Gasteiger partial charge in [-0.1, -0.05) is 18.9 Å². The number of carbonyl (C=O) groups excluding carboxylic acids is 1. The molecule has 2 aliphatic rings. The number of anilines is 3. The second-order valence-electron chi connectivity index (χ2n) is 8.20. The third-order valence-electron chi connectivity index (χ3n) is 5.75. The number of nitrogens with one attached hydrogen (secondary N) is 2. The Morgan fingerprint density at radius 2 is 1.97 bits per heavy atom. The monoisotopic (exact) mass is 421 g/mol. The fourth-order valence-electron chi connectivity index (χ4n) is 4.23. The van der Waals surface area contributed by atoms with Crippen LogP contribution in [0.15, 0.2) is 36.7 Å². The molecular formula is C23H31N7O. The lowest BCUT2D eigenvalue weighted by atomic mass is 10.1. The van der Waals surface area contributed by atoms with E-state index in [9.17, 15) is 4.79 Å². The molecule has 2 N–H and O–H groups in total. The number of hydrogen-bond donors (Lipinski definition) is 2. The van der Waals surface area contributed by atoms with E-state index in [0.29, 0.717) is 12.0 Å². The minimum Gasteiger partial charge on any atom is -0.367 e. The SMILES string of the molecule is CC(=O)C=C(C)c1cnc(N(c2ccccn2)N2CCNCC2)nc1NC1CCCC1. The number of ketones is 1. The molecule has 4 rings (SSSR count). The van der Waals surface area contributed by atoms with Crippen molar-refractivity contribution in [1.82, 2.24) is 25.3 Å². The first-order chi connectivity index (χ1) is 15.1. The summed E-state index contributed by atoms with van der Waals surface area (Å²) in [5.74, 6) is 2.17. The van der Waals surface area contributed by atoms with Gasteiger partial charge < -0.3 is 10.6 Å². The smallest absolute Gasteiger partial charge is 0.248 e. The fraction of sp³-hybridized carbons (Fsp3) is 0.478. The zero-order valence-electron chi connectivity index (χ0n) is 18.3. The summed E-state index contributed by atoms with van der Waals surface area (Å²) in [6.45, 7) is 6.99. The van der Waals surface area contributed by atoms with E-state index in [1.807, 2.05) is 36.3 Å². The van der Waals surface area contributed by atoms with Crippen LogP contribution in [0.2, 0.25) is 0 Å². The molecule has 164 valence electrons. The van der Waals surface area contributed by atoms with Crippen molar-refractivity contribution in [2.24, 2.45) is 0 Å². The molecular weight excluding hydrogens is 390 g/mol. The Morgan fingerprint density at radius 3 is 2.65 bits per heavy atom. The Morgan fingerprint density at radius 1 is 1.19 bits per heavy atom. The zero-order chi connectivity index (χ0) is 21.6. The van der Waals surface area contributed by atoms with E-state index in [-0.39, 0.29) is 5.78 Å². The average Bonchev–Trinajstić information content (AvgIpc) is 3.28. The molecule has 0 bridgehead atoms. The first kappa shape index (κ1) is 21.4. The molecule has 31 heavy (non-hydrogen) atoms. The highest BCUT2D eigenvalue weighted by molar-refractivity contribution is 5.95. The Balaban J connectivity index is 1.75. The number of allylic oxidation sites excluding steroid dienone is 2. The lowest BCUT2D eigenvalue weighted by Crippen LogP contribution is -2.51. The Kier molecular flexibility index (Phi) is 6.89. The number of nitrogens with zero attached hydrogens (tertiary/aromatic N) is 5. The highest BCUT2D eigenvalue weighted by atomic mass is 16.1. The van der Waals surface area contributed by atoms with Crippen molar-refractivity contribution in [3.8, 4) is 0 Å². The van der Waals surface area contributed by atoms with Crippen molar-refractivity contribution < 1.29 is 4.79 Å². The second-order valence-corrected chi connectivity index (χ2v) is 8.20. The molecule has 2 aromatic rings.